The van der Waals surface area contributed by atoms with E-state index in [0.29, 0.717) is 18.7 Å². The molecule has 1 aliphatic rings. The molecule has 2 aromatic heterocycles. The van der Waals surface area contributed by atoms with Crippen LogP contribution in [0.15, 0.2) is 40.4 Å². The van der Waals surface area contributed by atoms with Crippen molar-refractivity contribution >= 4 is 31.5 Å². The molecule has 0 aliphatic carbocycles. The summed E-state index contributed by atoms with van der Waals surface area (Å²) in [6, 6.07) is 8.76. The highest BCUT2D eigenvalue weighted by atomic mass is 32.1. The van der Waals surface area contributed by atoms with Gasteiger partial charge in [-0.1, -0.05) is 58.9 Å². The minimum Gasteiger partial charge on any atom is -0.561 e. The van der Waals surface area contributed by atoms with Gasteiger partial charge in [0, 0.05) is 25.1 Å². The molecular formula is C33H48N4O6SSi-. The number of carbonyl (C=O) groups is 2. The molecule has 247 valence electrons. The van der Waals surface area contributed by atoms with Crippen molar-refractivity contribution in [1.29, 1.82) is 0 Å². The van der Waals surface area contributed by atoms with E-state index in [2.05, 4.69) is 61.5 Å². The molecule has 1 fully saturated rings. The molecule has 0 bridgehead atoms. The van der Waals surface area contributed by atoms with Gasteiger partial charge in [-0.2, -0.15) is 0 Å². The Hall–Kier alpha value is -3.06. The fourth-order valence-corrected chi connectivity index (χ4v) is 7.58. The predicted octanol–water partition coefficient (Wildman–Crippen LogP) is 6.09. The van der Waals surface area contributed by atoms with Gasteiger partial charge < -0.3 is 29.0 Å². The van der Waals surface area contributed by atoms with Crippen LogP contribution in [0.25, 0.3) is 10.4 Å². The summed E-state index contributed by atoms with van der Waals surface area (Å²) in [7, 11) is -2.18. The molecule has 0 saturated carbocycles. The molecule has 3 heterocycles. The Morgan fingerprint density at radius 2 is 1.89 bits per heavy atom. The largest absolute Gasteiger partial charge is 0.561 e. The predicted molar refractivity (Wildman–Crippen MR) is 178 cm³/mol. The average molecular weight is 657 g/mol. The maximum absolute atomic E-state index is 14.3. The first kappa shape index (κ1) is 34.8. The van der Waals surface area contributed by atoms with Crippen LogP contribution < -0.4 is 10.1 Å². The molecule has 0 radical (unpaired) electrons. The van der Waals surface area contributed by atoms with Crippen LogP contribution in [0.4, 0.5) is 0 Å². The van der Waals surface area contributed by atoms with Crippen molar-refractivity contribution in [1.82, 2.24) is 20.4 Å². The molecule has 4 atom stereocenters. The Morgan fingerprint density at radius 1 is 1.20 bits per heavy atom. The number of likely N-dealkylation sites (tertiary alicyclic amines) is 1. The zero-order valence-electron chi connectivity index (χ0n) is 27.9. The van der Waals surface area contributed by atoms with Crippen LogP contribution in [0, 0.1) is 12.8 Å². The number of carbonyl (C=O) groups excluding carboxylic acids is 2. The van der Waals surface area contributed by atoms with Crippen molar-refractivity contribution in [3.05, 3.63) is 52.9 Å². The molecule has 10 nitrogen and oxygen atoms in total. The van der Waals surface area contributed by atoms with E-state index in [1.165, 1.54) is 0 Å². The van der Waals surface area contributed by atoms with Crippen LogP contribution in [-0.2, 0) is 14.0 Å². The number of thiazole rings is 1. The molecule has 4 rings (SSSR count). The molecule has 1 aliphatic heterocycles. The van der Waals surface area contributed by atoms with Gasteiger partial charge in [0.15, 0.2) is 5.76 Å². The molecule has 1 saturated heterocycles. The van der Waals surface area contributed by atoms with E-state index >= 15 is 0 Å². The van der Waals surface area contributed by atoms with Gasteiger partial charge in [0.1, 0.15) is 18.6 Å². The number of amides is 2. The molecule has 12 heteroatoms. The lowest BCUT2D eigenvalue weighted by molar-refractivity contribution is -0.141. The van der Waals surface area contributed by atoms with E-state index < -0.39 is 20.3 Å². The number of hydrogen-bond donors (Lipinski definition) is 2. The molecule has 1 aromatic carbocycles. The summed E-state index contributed by atoms with van der Waals surface area (Å²) in [5.41, 5.74) is 4.89. The normalized spacial score (nSPS) is 18.7. The number of benzene rings is 1. The molecular weight excluding hydrogens is 609 g/mol. The van der Waals surface area contributed by atoms with E-state index in [4.69, 9.17) is 18.8 Å². The van der Waals surface area contributed by atoms with Gasteiger partial charge in [0.2, 0.25) is 11.8 Å². The van der Waals surface area contributed by atoms with Crippen molar-refractivity contribution in [2.45, 2.75) is 97.1 Å². The third-order valence-corrected chi connectivity index (χ3v) is 14.5. The lowest BCUT2D eigenvalue weighted by Crippen LogP contribution is -2.48. The Morgan fingerprint density at radius 3 is 2.47 bits per heavy atom. The fraction of sp³-hybridized carbons (Fsp3) is 0.576. The van der Waals surface area contributed by atoms with E-state index in [0.717, 1.165) is 21.7 Å². The number of hydrogen-bond acceptors (Lipinski definition) is 9. The van der Waals surface area contributed by atoms with Crippen molar-refractivity contribution in [2.24, 2.45) is 5.92 Å². The number of aryl methyl sites for hydroxylation is 1. The molecule has 3 aromatic rings. The van der Waals surface area contributed by atoms with Crippen LogP contribution in [-0.4, -0.2) is 72.2 Å². The maximum atomic E-state index is 14.3. The standard InChI is InChI=1S/C33H48N4O6SSi/c1-20(2)29(27-17-28(36-42-27)41-15-14-38)32(40)37-18-25(43-45(8,9)33(5,6)7)16-26(37)31(39)35-21(3)23-10-12-24(13-11-23)30-22(4)34-19-44-30/h10-13,17,19-21,25-26,29,38H,14-16,18H2,1-9H3,(H,35,39)/q-1/t21-,25+,26-,29+/m0/s1. The van der Waals surface area contributed by atoms with Crippen molar-refractivity contribution in [3.63, 3.8) is 0 Å². The SMILES string of the molecule is Cc1ncsc1-c1ccc([C@H](C)NC(=O)[C@@H]2C[C@@H](O[Si-](C)(C)C(C)(C)C)CN2C(=O)[C@@H](c2cc(OCCO)no2)C(C)C)cc1. The van der Waals surface area contributed by atoms with Gasteiger partial charge in [0.25, 0.3) is 5.88 Å². The number of ether oxygens (including phenoxy) is 1. The second-order valence-electron chi connectivity index (χ2n) is 13.7. The molecule has 0 unspecified atom stereocenters. The Kier molecular flexibility index (Phi) is 10.9. The van der Waals surface area contributed by atoms with Crippen LogP contribution in [0.1, 0.15) is 76.9 Å². The van der Waals surface area contributed by atoms with E-state index in [9.17, 15) is 9.59 Å². The van der Waals surface area contributed by atoms with Gasteiger partial charge in [-0.05, 0) is 44.4 Å². The fourth-order valence-electron chi connectivity index (χ4n) is 5.41. The molecule has 0 spiro atoms. The van der Waals surface area contributed by atoms with Crippen LogP contribution >= 0.6 is 11.3 Å². The topological polar surface area (TPSA) is 127 Å². The first-order chi connectivity index (χ1) is 21.1. The highest BCUT2D eigenvalue weighted by molar-refractivity contribution is 7.13. The number of aliphatic hydroxyl groups excluding tert-OH is 1. The first-order valence-corrected chi connectivity index (χ1v) is 19.4. The summed E-state index contributed by atoms with van der Waals surface area (Å²) in [5, 5.41) is 16.2. The second kappa shape index (κ2) is 14.1. The lowest BCUT2D eigenvalue weighted by atomic mass is 9.91. The van der Waals surface area contributed by atoms with Gasteiger partial charge in [-0.25, -0.2) is 4.98 Å². The smallest absolute Gasteiger partial charge is 0.254 e. The van der Waals surface area contributed by atoms with Crippen molar-refractivity contribution < 1.29 is 28.4 Å². The number of aliphatic hydroxyl groups is 1. The third kappa shape index (κ3) is 8.03. The molecule has 45 heavy (non-hydrogen) atoms. The Balaban J connectivity index is 1.57. The summed E-state index contributed by atoms with van der Waals surface area (Å²) < 4.78 is 17.7. The molecule has 2 amide bonds. The van der Waals surface area contributed by atoms with Crippen LogP contribution in [0.3, 0.4) is 0 Å². The quantitative estimate of drug-likeness (QED) is 0.225. The monoisotopic (exact) mass is 656 g/mol. The van der Waals surface area contributed by atoms with E-state index in [1.54, 1.807) is 22.3 Å². The summed E-state index contributed by atoms with van der Waals surface area (Å²) in [4.78, 5) is 35.4. The zero-order chi connectivity index (χ0) is 33.1. The summed E-state index contributed by atoms with van der Waals surface area (Å²) in [6.45, 7) is 19.0. The van der Waals surface area contributed by atoms with E-state index in [1.807, 2.05) is 45.3 Å². The van der Waals surface area contributed by atoms with Crippen LogP contribution in [0.5, 0.6) is 5.88 Å². The van der Waals surface area contributed by atoms with Gasteiger partial charge in [0.05, 0.1) is 28.7 Å². The van der Waals surface area contributed by atoms with Crippen molar-refractivity contribution in [3.8, 4) is 16.3 Å². The van der Waals surface area contributed by atoms with Gasteiger partial charge in [-0.15, -0.1) is 29.5 Å². The highest BCUT2D eigenvalue weighted by Gasteiger charge is 2.45. The first-order valence-electron chi connectivity index (χ1n) is 15.6. The Labute approximate surface area is 271 Å². The number of nitrogens with one attached hydrogen (secondary N) is 1. The minimum atomic E-state index is -2.18. The minimum absolute atomic E-state index is 0.0220. The second-order valence-corrected chi connectivity index (χ2v) is 19.3. The maximum Gasteiger partial charge on any atom is 0.254 e. The summed E-state index contributed by atoms with van der Waals surface area (Å²) in [6.07, 6.45) is 0.140. The number of aromatic nitrogens is 2. The average Bonchev–Trinajstić information content (AvgIpc) is 3.71. The van der Waals surface area contributed by atoms with Crippen molar-refractivity contribution in [2.75, 3.05) is 19.8 Å². The van der Waals surface area contributed by atoms with E-state index in [-0.39, 0.29) is 54.0 Å². The summed E-state index contributed by atoms with van der Waals surface area (Å²) >= 11 is 1.60. The lowest BCUT2D eigenvalue weighted by Gasteiger charge is -2.50. The van der Waals surface area contributed by atoms with Crippen LogP contribution in [0.2, 0.25) is 18.1 Å². The Bertz CT molecular complexity index is 1450. The van der Waals surface area contributed by atoms with Gasteiger partial charge in [-0.3, -0.25) is 9.59 Å². The third-order valence-electron chi connectivity index (χ3n) is 8.98. The van der Waals surface area contributed by atoms with Gasteiger partial charge >= 0.3 is 0 Å². The molecule has 2 N–H and O–H groups in total. The number of nitrogens with zero attached hydrogens (tertiary/aromatic N) is 3. The summed E-state index contributed by atoms with van der Waals surface area (Å²) in [5.74, 6) is -0.677. The highest BCUT2D eigenvalue weighted by Crippen LogP contribution is 2.40. The zero-order valence-corrected chi connectivity index (χ0v) is 29.7. The number of rotatable bonds is 12.